The van der Waals surface area contributed by atoms with Crippen LogP contribution in [0.4, 0.5) is 13.2 Å². The highest BCUT2D eigenvalue weighted by Crippen LogP contribution is 2.27. The van der Waals surface area contributed by atoms with Crippen LogP contribution < -0.4 is 15.6 Å². The molecule has 0 saturated heterocycles. The van der Waals surface area contributed by atoms with E-state index in [1.165, 1.54) is 19.2 Å². The fourth-order valence-electron chi connectivity index (χ4n) is 1.95. The molecule has 1 heterocycles. The first-order chi connectivity index (χ1) is 11.3. The van der Waals surface area contributed by atoms with Crippen LogP contribution in [0.3, 0.4) is 0 Å². The van der Waals surface area contributed by atoms with Gasteiger partial charge in [0.15, 0.2) is 0 Å². The average molecular weight is 341 g/mol. The third-order valence-corrected chi connectivity index (χ3v) is 3.03. The molecule has 0 aliphatic heterocycles. The van der Waals surface area contributed by atoms with Crippen molar-refractivity contribution < 1.29 is 22.7 Å². The van der Waals surface area contributed by atoms with Gasteiger partial charge in [-0.25, -0.2) is 4.68 Å². The van der Waals surface area contributed by atoms with Gasteiger partial charge in [0.25, 0.3) is 5.56 Å². The Bertz CT molecular complexity index is 787. The third kappa shape index (κ3) is 4.58. The van der Waals surface area contributed by atoms with Crippen molar-refractivity contribution in [1.82, 2.24) is 15.1 Å². The number of hydrogen-bond donors (Lipinski definition) is 1. The first kappa shape index (κ1) is 17.5. The molecule has 2 aromatic rings. The molecule has 0 radical (unpaired) electrons. The first-order valence-corrected chi connectivity index (χ1v) is 6.85. The summed E-state index contributed by atoms with van der Waals surface area (Å²) in [6, 6.07) is 9.53. The van der Waals surface area contributed by atoms with E-state index in [9.17, 15) is 22.8 Å². The lowest BCUT2D eigenvalue weighted by Crippen LogP contribution is -2.38. The Morgan fingerprint density at radius 3 is 2.62 bits per heavy atom. The number of aromatic nitrogens is 2. The van der Waals surface area contributed by atoms with Crippen molar-refractivity contribution >= 4 is 5.91 Å². The standard InChI is InChI=1S/C15H14F3N3O3/c1-24-12-5-3-2-4-10(12)11-6-7-14(23)21(20-11)8-13(22)19-9-15(16,17)18/h2-7H,8-9H2,1H3,(H,19,22). The molecule has 0 atom stereocenters. The highest BCUT2D eigenvalue weighted by Gasteiger charge is 2.27. The number of benzene rings is 1. The Balaban J connectivity index is 2.23. The molecule has 0 spiro atoms. The molecule has 2 rings (SSSR count). The monoisotopic (exact) mass is 341 g/mol. The van der Waals surface area contributed by atoms with Gasteiger partial charge >= 0.3 is 6.18 Å². The molecule has 0 aliphatic rings. The second-order valence-corrected chi connectivity index (χ2v) is 4.81. The second kappa shape index (κ2) is 7.16. The van der Waals surface area contributed by atoms with Gasteiger partial charge in [-0.05, 0) is 18.2 Å². The van der Waals surface area contributed by atoms with Gasteiger partial charge in [-0.1, -0.05) is 12.1 Å². The highest BCUT2D eigenvalue weighted by molar-refractivity contribution is 5.75. The molecule has 1 aromatic heterocycles. The minimum absolute atomic E-state index is 0.357. The van der Waals surface area contributed by atoms with Gasteiger partial charge in [-0.2, -0.15) is 18.3 Å². The highest BCUT2D eigenvalue weighted by atomic mass is 19.4. The number of para-hydroxylation sites is 1. The van der Waals surface area contributed by atoms with Gasteiger partial charge in [-0.15, -0.1) is 0 Å². The quantitative estimate of drug-likeness (QED) is 0.897. The van der Waals surface area contributed by atoms with Crippen LogP contribution in [-0.2, 0) is 11.3 Å². The normalized spacial score (nSPS) is 11.2. The number of alkyl halides is 3. The molecule has 0 aliphatic carbocycles. The van der Waals surface area contributed by atoms with Crippen molar-refractivity contribution in [3.05, 3.63) is 46.8 Å². The van der Waals surface area contributed by atoms with Crippen LogP contribution in [0.15, 0.2) is 41.2 Å². The van der Waals surface area contributed by atoms with Crippen molar-refractivity contribution in [2.24, 2.45) is 0 Å². The molecule has 0 unspecified atom stereocenters. The van der Waals surface area contributed by atoms with Crippen LogP contribution in [0.25, 0.3) is 11.3 Å². The molecule has 1 aromatic carbocycles. The van der Waals surface area contributed by atoms with Gasteiger partial charge in [0, 0.05) is 11.6 Å². The van der Waals surface area contributed by atoms with Gasteiger partial charge < -0.3 is 10.1 Å². The summed E-state index contributed by atoms with van der Waals surface area (Å²) in [6.07, 6.45) is -4.52. The molecular formula is C15H14F3N3O3. The molecular weight excluding hydrogens is 327 g/mol. The van der Waals surface area contributed by atoms with Crippen molar-refractivity contribution in [2.45, 2.75) is 12.7 Å². The summed E-state index contributed by atoms with van der Waals surface area (Å²) in [7, 11) is 1.47. The lowest BCUT2D eigenvalue weighted by Gasteiger charge is -2.11. The Hall–Kier alpha value is -2.84. The fraction of sp³-hybridized carbons (Fsp3) is 0.267. The van der Waals surface area contributed by atoms with Crippen molar-refractivity contribution in [1.29, 1.82) is 0 Å². The zero-order valence-electron chi connectivity index (χ0n) is 12.6. The zero-order valence-corrected chi connectivity index (χ0v) is 12.6. The first-order valence-electron chi connectivity index (χ1n) is 6.85. The molecule has 9 heteroatoms. The van der Waals surface area contributed by atoms with E-state index in [4.69, 9.17) is 4.74 Å². The van der Waals surface area contributed by atoms with E-state index in [-0.39, 0.29) is 0 Å². The molecule has 0 fully saturated rings. The Morgan fingerprint density at radius 1 is 1.25 bits per heavy atom. The predicted octanol–water partition coefficient (Wildman–Crippen LogP) is 1.60. The van der Waals surface area contributed by atoms with Crippen molar-refractivity contribution in [2.75, 3.05) is 13.7 Å². The van der Waals surface area contributed by atoms with Crippen LogP contribution in [0.2, 0.25) is 0 Å². The summed E-state index contributed by atoms with van der Waals surface area (Å²) in [4.78, 5) is 23.3. The van der Waals surface area contributed by atoms with E-state index < -0.39 is 30.7 Å². The molecule has 24 heavy (non-hydrogen) atoms. The molecule has 6 nitrogen and oxygen atoms in total. The maximum Gasteiger partial charge on any atom is 0.405 e. The summed E-state index contributed by atoms with van der Waals surface area (Å²) in [6.45, 7) is -2.08. The van der Waals surface area contributed by atoms with E-state index in [0.29, 0.717) is 17.0 Å². The fourth-order valence-corrected chi connectivity index (χ4v) is 1.95. The number of rotatable bonds is 5. The molecule has 0 saturated carbocycles. The number of hydrogen-bond acceptors (Lipinski definition) is 4. The number of methoxy groups -OCH3 is 1. The Labute approximate surface area is 134 Å². The van der Waals surface area contributed by atoms with Crippen LogP contribution in [-0.4, -0.2) is 35.5 Å². The van der Waals surface area contributed by atoms with E-state index >= 15 is 0 Å². The van der Waals surface area contributed by atoms with E-state index in [1.807, 2.05) is 0 Å². The van der Waals surface area contributed by atoms with Gasteiger partial charge in [0.05, 0.1) is 12.8 Å². The molecule has 128 valence electrons. The lowest BCUT2D eigenvalue weighted by molar-refractivity contribution is -0.138. The van der Waals surface area contributed by atoms with Gasteiger partial charge in [0.2, 0.25) is 5.91 Å². The summed E-state index contributed by atoms with van der Waals surface area (Å²) in [5.74, 6) is -0.448. The van der Waals surface area contributed by atoms with E-state index in [1.54, 1.807) is 29.6 Å². The van der Waals surface area contributed by atoms with Crippen LogP contribution in [0.5, 0.6) is 5.75 Å². The average Bonchev–Trinajstić information content (AvgIpc) is 2.54. The maximum atomic E-state index is 12.1. The van der Waals surface area contributed by atoms with Gasteiger partial charge in [-0.3, -0.25) is 9.59 Å². The Morgan fingerprint density at radius 2 is 1.96 bits per heavy atom. The van der Waals surface area contributed by atoms with Crippen molar-refractivity contribution in [3.63, 3.8) is 0 Å². The largest absolute Gasteiger partial charge is 0.496 e. The number of ether oxygens (including phenoxy) is 1. The Kier molecular flexibility index (Phi) is 5.22. The number of carbonyl (C=O) groups is 1. The summed E-state index contributed by atoms with van der Waals surface area (Å²) in [5, 5.41) is 5.71. The molecule has 1 amide bonds. The SMILES string of the molecule is COc1ccccc1-c1ccc(=O)n(CC(=O)NCC(F)(F)F)n1. The van der Waals surface area contributed by atoms with Crippen molar-refractivity contribution in [3.8, 4) is 17.0 Å². The number of carbonyl (C=O) groups excluding carboxylic acids is 1. The number of nitrogens with zero attached hydrogens (tertiary/aromatic N) is 2. The second-order valence-electron chi connectivity index (χ2n) is 4.81. The number of nitrogens with one attached hydrogen (secondary N) is 1. The van der Waals surface area contributed by atoms with Crippen LogP contribution >= 0.6 is 0 Å². The predicted molar refractivity (Wildman–Crippen MR) is 79.5 cm³/mol. The zero-order chi connectivity index (χ0) is 17.7. The summed E-state index contributed by atoms with van der Waals surface area (Å²) < 4.78 is 42.3. The maximum absolute atomic E-state index is 12.1. The smallest absolute Gasteiger partial charge is 0.405 e. The minimum atomic E-state index is -4.52. The van der Waals surface area contributed by atoms with E-state index in [0.717, 1.165) is 4.68 Å². The number of amides is 1. The summed E-state index contributed by atoms with van der Waals surface area (Å²) in [5.41, 5.74) is 0.343. The van der Waals surface area contributed by atoms with Crippen LogP contribution in [0, 0.1) is 0 Å². The van der Waals surface area contributed by atoms with Crippen LogP contribution in [0.1, 0.15) is 0 Å². The lowest BCUT2D eigenvalue weighted by atomic mass is 10.1. The molecule has 1 N–H and O–H groups in total. The number of halogens is 3. The van der Waals surface area contributed by atoms with Gasteiger partial charge in [0.1, 0.15) is 18.8 Å². The topological polar surface area (TPSA) is 73.2 Å². The third-order valence-electron chi connectivity index (χ3n) is 3.03. The van der Waals surface area contributed by atoms with E-state index in [2.05, 4.69) is 5.10 Å². The minimum Gasteiger partial charge on any atom is -0.496 e. The molecule has 0 bridgehead atoms. The summed E-state index contributed by atoms with van der Waals surface area (Å²) >= 11 is 0.